The predicted octanol–water partition coefficient (Wildman–Crippen LogP) is 2.92. The first-order chi connectivity index (χ1) is 13.4. The van der Waals surface area contributed by atoms with Crippen molar-refractivity contribution in [3.8, 4) is 0 Å². The van der Waals surface area contributed by atoms with E-state index >= 15 is 0 Å². The molecule has 0 saturated carbocycles. The highest BCUT2D eigenvalue weighted by atomic mass is 35.5. The van der Waals surface area contributed by atoms with Crippen LogP contribution in [0.25, 0.3) is 0 Å². The zero-order valence-corrected chi connectivity index (χ0v) is 15.8. The molecule has 2 heterocycles. The van der Waals surface area contributed by atoms with E-state index < -0.39 is 12.0 Å². The van der Waals surface area contributed by atoms with Gasteiger partial charge in [0.15, 0.2) is 0 Å². The molecule has 1 atom stereocenters. The Hall–Kier alpha value is -2.81. The third kappa shape index (κ3) is 3.89. The summed E-state index contributed by atoms with van der Waals surface area (Å²) in [7, 11) is 0. The van der Waals surface area contributed by atoms with Crippen LogP contribution in [0.2, 0.25) is 5.02 Å². The quantitative estimate of drug-likeness (QED) is 0.600. The van der Waals surface area contributed by atoms with Gasteiger partial charge in [-0.2, -0.15) is 10.2 Å². The summed E-state index contributed by atoms with van der Waals surface area (Å²) in [5, 5.41) is 9.95. The number of benzene rings is 1. The molecule has 10 heteroatoms. The smallest absolute Gasteiger partial charge is 0.285 e. The number of alkyl halides is 2. The molecule has 0 amide bonds. The standard InChI is InChI=1S/C18H19ClF2N6O/c1-10-16(25-22)13(23-8-11-4-2-3-5-12(11)17(20)21)6-7-27(10)14-9-24-26-18(28)15(14)19/h2-5,9-10,17H,6-8,22H2,1H3,(H,26,28)/t10-/m0/s1. The molecule has 0 radical (unpaired) electrons. The highest BCUT2D eigenvalue weighted by Gasteiger charge is 2.31. The predicted molar refractivity (Wildman–Crippen MR) is 105 cm³/mol. The lowest BCUT2D eigenvalue weighted by molar-refractivity contribution is 0.150. The Kier molecular flexibility index (Phi) is 6.03. The minimum absolute atomic E-state index is 0.0319. The zero-order valence-electron chi connectivity index (χ0n) is 15.1. The van der Waals surface area contributed by atoms with Crippen LogP contribution in [0.4, 0.5) is 14.5 Å². The molecular formula is C18H19ClF2N6O. The molecule has 1 aromatic heterocycles. The number of nitrogens with two attached hydrogens (primary N) is 1. The molecule has 1 aliphatic heterocycles. The van der Waals surface area contributed by atoms with Gasteiger partial charge in [-0.05, 0) is 12.5 Å². The van der Waals surface area contributed by atoms with E-state index in [9.17, 15) is 13.6 Å². The largest absolute Gasteiger partial charge is 0.360 e. The average Bonchev–Trinajstić information content (AvgIpc) is 2.69. The number of halogens is 3. The fourth-order valence-corrected chi connectivity index (χ4v) is 3.45. The SMILES string of the molecule is C[C@H]1C(=NN)C(=NCc2ccccc2C(F)F)CCN1c1cn[nH]c(=O)c1Cl. The van der Waals surface area contributed by atoms with Crippen molar-refractivity contribution in [3.63, 3.8) is 0 Å². The molecule has 3 rings (SSSR count). The number of aromatic amines is 1. The molecule has 1 aromatic carbocycles. The number of hydrogen-bond acceptors (Lipinski definition) is 6. The number of hydrazone groups is 1. The van der Waals surface area contributed by atoms with Gasteiger partial charge in [0.25, 0.3) is 12.0 Å². The van der Waals surface area contributed by atoms with Crippen molar-refractivity contribution in [2.24, 2.45) is 15.9 Å². The lowest BCUT2D eigenvalue weighted by atomic mass is 9.98. The molecule has 1 saturated heterocycles. The van der Waals surface area contributed by atoms with E-state index in [4.69, 9.17) is 17.4 Å². The van der Waals surface area contributed by atoms with Gasteiger partial charge in [-0.15, -0.1) is 0 Å². The molecule has 148 valence electrons. The van der Waals surface area contributed by atoms with Gasteiger partial charge in [0.05, 0.1) is 30.2 Å². The molecule has 0 aliphatic carbocycles. The van der Waals surface area contributed by atoms with Gasteiger partial charge in [0, 0.05) is 18.5 Å². The normalized spacial score (nSPS) is 20.3. The van der Waals surface area contributed by atoms with Crippen LogP contribution in [0.1, 0.15) is 30.9 Å². The molecule has 3 N–H and O–H groups in total. The second-order valence-corrected chi connectivity index (χ2v) is 6.67. The van der Waals surface area contributed by atoms with E-state index in [-0.39, 0.29) is 23.2 Å². The maximum Gasteiger partial charge on any atom is 0.285 e. The van der Waals surface area contributed by atoms with Crippen LogP contribution in [0.5, 0.6) is 0 Å². The van der Waals surface area contributed by atoms with E-state index in [2.05, 4.69) is 20.3 Å². The number of H-pyrrole nitrogens is 1. The number of nitrogens with zero attached hydrogens (tertiary/aromatic N) is 4. The summed E-state index contributed by atoms with van der Waals surface area (Å²) in [6.07, 6.45) is -0.624. The van der Waals surface area contributed by atoms with Crippen LogP contribution in [-0.2, 0) is 6.54 Å². The summed E-state index contributed by atoms with van der Waals surface area (Å²) < 4.78 is 26.3. The Balaban J connectivity index is 1.86. The van der Waals surface area contributed by atoms with Gasteiger partial charge < -0.3 is 10.7 Å². The molecular weight excluding hydrogens is 390 g/mol. The van der Waals surface area contributed by atoms with Crippen molar-refractivity contribution in [2.45, 2.75) is 32.4 Å². The fraction of sp³-hybridized carbons (Fsp3) is 0.333. The van der Waals surface area contributed by atoms with Gasteiger partial charge >= 0.3 is 0 Å². The summed E-state index contributed by atoms with van der Waals surface area (Å²) in [4.78, 5) is 18.1. The van der Waals surface area contributed by atoms with E-state index in [0.717, 1.165) is 0 Å². The molecule has 0 unspecified atom stereocenters. The first-order valence-corrected chi connectivity index (χ1v) is 8.99. The monoisotopic (exact) mass is 408 g/mol. The van der Waals surface area contributed by atoms with Crippen LogP contribution in [0, 0.1) is 0 Å². The molecule has 28 heavy (non-hydrogen) atoms. The van der Waals surface area contributed by atoms with Gasteiger partial charge in [-0.3, -0.25) is 9.79 Å². The molecule has 2 aromatic rings. The molecule has 1 aliphatic rings. The highest BCUT2D eigenvalue weighted by Crippen LogP contribution is 2.27. The minimum atomic E-state index is -2.56. The molecule has 0 bridgehead atoms. The summed E-state index contributed by atoms with van der Waals surface area (Å²) in [6, 6.07) is 5.98. The van der Waals surface area contributed by atoms with E-state index in [1.54, 1.807) is 18.2 Å². The van der Waals surface area contributed by atoms with Crippen molar-refractivity contribution in [3.05, 3.63) is 57.0 Å². The van der Waals surface area contributed by atoms with Gasteiger partial charge in [0.1, 0.15) is 10.7 Å². The topological polar surface area (TPSA) is 99.7 Å². The van der Waals surface area contributed by atoms with Gasteiger partial charge in [-0.25, -0.2) is 13.9 Å². The lowest BCUT2D eigenvalue weighted by Crippen LogP contribution is -2.49. The Morgan fingerprint density at radius 3 is 2.89 bits per heavy atom. The Bertz CT molecular complexity index is 975. The second kappa shape index (κ2) is 8.47. The van der Waals surface area contributed by atoms with Crippen LogP contribution in [-0.4, -0.2) is 34.2 Å². The van der Waals surface area contributed by atoms with E-state index in [1.807, 2.05) is 11.8 Å². The number of nitrogens with one attached hydrogen (secondary N) is 1. The number of anilines is 1. The lowest BCUT2D eigenvalue weighted by Gasteiger charge is -2.36. The van der Waals surface area contributed by atoms with Crippen molar-refractivity contribution in [2.75, 3.05) is 11.4 Å². The van der Waals surface area contributed by atoms with Crippen LogP contribution in [0.15, 0.2) is 45.4 Å². The number of piperidine rings is 1. The first kappa shape index (κ1) is 19.9. The van der Waals surface area contributed by atoms with Gasteiger partial charge in [0.2, 0.25) is 0 Å². The Labute approximate surface area is 164 Å². The summed E-state index contributed by atoms with van der Waals surface area (Å²) in [6.45, 7) is 2.46. The summed E-state index contributed by atoms with van der Waals surface area (Å²) >= 11 is 6.11. The maximum absolute atomic E-state index is 13.2. The highest BCUT2D eigenvalue weighted by molar-refractivity contribution is 6.45. The second-order valence-electron chi connectivity index (χ2n) is 6.29. The third-order valence-corrected chi connectivity index (χ3v) is 5.07. The molecule has 0 spiro atoms. The fourth-order valence-electron chi connectivity index (χ4n) is 3.25. The Morgan fingerprint density at radius 1 is 1.43 bits per heavy atom. The van der Waals surface area contributed by atoms with E-state index in [1.165, 1.54) is 12.3 Å². The van der Waals surface area contributed by atoms with Crippen molar-refractivity contribution in [1.29, 1.82) is 0 Å². The van der Waals surface area contributed by atoms with Crippen molar-refractivity contribution >= 4 is 28.7 Å². The van der Waals surface area contributed by atoms with Gasteiger partial charge in [-0.1, -0.05) is 35.9 Å². The average molecular weight is 409 g/mol. The van der Waals surface area contributed by atoms with Crippen molar-refractivity contribution in [1.82, 2.24) is 10.2 Å². The van der Waals surface area contributed by atoms with Crippen LogP contribution in [0.3, 0.4) is 0 Å². The first-order valence-electron chi connectivity index (χ1n) is 8.61. The molecule has 7 nitrogen and oxygen atoms in total. The number of aromatic nitrogens is 2. The number of hydrogen-bond donors (Lipinski definition) is 2. The number of rotatable bonds is 4. The Morgan fingerprint density at radius 2 is 2.18 bits per heavy atom. The third-order valence-electron chi connectivity index (χ3n) is 4.70. The zero-order chi connectivity index (χ0) is 20.3. The maximum atomic E-state index is 13.2. The minimum Gasteiger partial charge on any atom is -0.360 e. The van der Waals surface area contributed by atoms with Crippen LogP contribution >= 0.6 is 11.6 Å². The van der Waals surface area contributed by atoms with Crippen LogP contribution < -0.4 is 16.3 Å². The summed E-state index contributed by atoms with van der Waals surface area (Å²) in [5.74, 6) is 5.58. The van der Waals surface area contributed by atoms with E-state index in [0.29, 0.717) is 35.6 Å². The molecule has 1 fully saturated rings. The summed E-state index contributed by atoms with van der Waals surface area (Å²) in [5.41, 5.74) is 1.56. The van der Waals surface area contributed by atoms with Crippen molar-refractivity contribution < 1.29 is 8.78 Å². The number of aliphatic imine (C=N–C) groups is 1.